The van der Waals surface area contributed by atoms with Crippen LogP contribution in [0, 0.1) is 25.7 Å². The van der Waals surface area contributed by atoms with E-state index in [9.17, 15) is 36.7 Å². The van der Waals surface area contributed by atoms with E-state index in [1.165, 1.54) is 31.3 Å². The Hall–Kier alpha value is -8.04. The van der Waals surface area contributed by atoms with Crippen molar-refractivity contribution in [2.45, 2.75) is 52.8 Å². The van der Waals surface area contributed by atoms with Gasteiger partial charge in [0, 0.05) is 121 Å². The predicted octanol–water partition coefficient (Wildman–Crippen LogP) is 6.33. The van der Waals surface area contributed by atoms with Crippen molar-refractivity contribution in [2.24, 2.45) is 11.8 Å². The van der Waals surface area contributed by atoms with Gasteiger partial charge in [0.15, 0.2) is 0 Å². The second-order valence-corrected chi connectivity index (χ2v) is 16.4. The zero-order chi connectivity index (χ0) is 53.7. The van der Waals surface area contributed by atoms with Crippen molar-refractivity contribution in [3.63, 3.8) is 0 Å². The molecule has 2 aromatic heterocycles. The number of nitrogens with one attached hydrogen (secondary N) is 5. The maximum absolute atomic E-state index is 12.6. The van der Waals surface area contributed by atoms with Gasteiger partial charge in [-0.15, -0.1) is 0 Å². The van der Waals surface area contributed by atoms with Crippen LogP contribution >= 0.6 is 0 Å². The molecule has 2 saturated heterocycles. The van der Waals surface area contributed by atoms with E-state index in [2.05, 4.69) is 56.0 Å². The zero-order valence-electron chi connectivity index (χ0n) is 40.1. The SMILES string of the molecule is Cc1ccc(Nc2ncc(-c3ccc(OC(F)F)cc3)cn2)cc1N.Cc1ccc(Nc2ncc(-c3ccc(OC(F)F)cc3)cn2)cc1NC(=O)C1CCC(=O)NC1.O=C1CCC(C(=O)O)CN1.[B][B]B([B])[B]. The molecule has 26 heteroatoms. The zero-order valence-corrected chi connectivity index (χ0v) is 40.1. The molecule has 0 spiro atoms. The number of hydrogen-bond donors (Lipinski definition) is 7. The number of halogens is 4. The molecule has 2 atom stereocenters. The van der Waals surface area contributed by atoms with Crippen molar-refractivity contribution in [1.29, 1.82) is 0 Å². The van der Waals surface area contributed by atoms with E-state index in [1.54, 1.807) is 55.1 Å². The van der Waals surface area contributed by atoms with Crippen LogP contribution in [-0.2, 0) is 19.2 Å². The molecule has 2 unspecified atom stereocenters. The van der Waals surface area contributed by atoms with E-state index in [-0.39, 0.29) is 47.6 Å². The Morgan fingerprint density at radius 3 is 1.49 bits per heavy atom. The van der Waals surface area contributed by atoms with E-state index < -0.39 is 25.6 Å². The lowest BCUT2D eigenvalue weighted by Crippen LogP contribution is -2.40. The van der Waals surface area contributed by atoms with Crippen LogP contribution in [0.1, 0.15) is 36.8 Å². The maximum Gasteiger partial charge on any atom is 0.387 e. The first-order valence-corrected chi connectivity index (χ1v) is 22.7. The normalized spacial score (nSPS) is 14.6. The molecule has 4 heterocycles. The number of carbonyl (C=O) groups excluding carboxylic acids is 3. The highest BCUT2D eigenvalue weighted by atomic mass is 19.3. The summed E-state index contributed by atoms with van der Waals surface area (Å²) in [5, 5.41) is 22.8. The molecule has 2 fully saturated rings. The van der Waals surface area contributed by atoms with E-state index >= 15 is 0 Å². The summed E-state index contributed by atoms with van der Waals surface area (Å²) in [4.78, 5) is 61.9. The van der Waals surface area contributed by atoms with Gasteiger partial charge in [-0.25, -0.2) is 19.9 Å². The van der Waals surface area contributed by atoms with Gasteiger partial charge in [-0.05, 0) is 97.5 Å². The number of anilines is 6. The minimum Gasteiger partial charge on any atom is -0.481 e. The van der Waals surface area contributed by atoms with E-state index in [0.717, 1.165) is 33.5 Å². The van der Waals surface area contributed by atoms with Gasteiger partial charge in [-0.2, -0.15) is 17.6 Å². The second-order valence-electron chi connectivity index (χ2n) is 16.4. The number of alkyl halides is 4. The Morgan fingerprint density at radius 1 is 0.689 bits per heavy atom. The average molecular weight is 1010 g/mol. The molecule has 7 radical (unpaired) electrons. The van der Waals surface area contributed by atoms with E-state index in [4.69, 9.17) is 34.1 Å². The molecule has 8 N–H and O–H groups in total. The van der Waals surface area contributed by atoms with Gasteiger partial charge < -0.3 is 46.9 Å². The lowest BCUT2D eigenvalue weighted by Gasteiger charge is -2.22. The monoisotopic (exact) mass is 1010 g/mol. The largest absolute Gasteiger partial charge is 0.481 e. The maximum atomic E-state index is 12.6. The smallest absolute Gasteiger partial charge is 0.387 e. The summed E-state index contributed by atoms with van der Waals surface area (Å²) in [7, 11) is 15.8. The molecule has 2 aliphatic heterocycles. The summed E-state index contributed by atoms with van der Waals surface area (Å²) in [6, 6.07) is 23.6. The van der Waals surface area contributed by atoms with Gasteiger partial charge in [0.25, 0.3) is 0 Å². The lowest BCUT2D eigenvalue weighted by atomic mass is 8.97. The standard InChI is InChI=1S/C24H23F2N5O3.C18H16F2N4O.C6H9NO3.B5/c1-14-2-6-18(10-20(14)31-22(33)16-5-9-21(32)27-11-16)30-24-28-12-17(13-29-24)15-3-7-19(8-4-15)34-23(25)26;1-11-2-5-14(8-16(11)21)24-18-22-9-13(10-23-18)12-3-6-15(7-4-12)25-17(19)20;8-5-2-1-4(3-7-5)6(9)10;1-4-5(2)3/h2-4,6-8,10,12-13,16,23H,5,9,11H2,1H3,(H,27,32)(H,31,33)(H,28,29,30);2-10,17H,21H2,1H3,(H,22,23,24);4H,1-3H2,(H,7,8)(H,9,10);. The topological polar surface area (TPSA) is 245 Å². The molecule has 2 aliphatic rings. The second kappa shape index (κ2) is 28.3. The summed E-state index contributed by atoms with van der Waals surface area (Å²) < 4.78 is 57.6. The Kier molecular flexibility index (Phi) is 21.7. The molecule has 4 aromatic carbocycles. The number of carboxylic acids is 1. The first-order valence-electron chi connectivity index (χ1n) is 22.7. The number of hydrogen-bond acceptors (Lipinski definition) is 13. The van der Waals surface area contributed by atoms with Crippen molar-refractivity contribution in [1.82, 2.24) is 30.6 Å². The molecular weight excluding hydrogens is 959 g/mol. The molecule has 6 aromatic rings. The minimum atomic E-state index is -2.87. The lowest BCUT2D eigenvalue weighted by molar-refractivity contribution is -0.143. The third-order valence-corrected chi connectivity index (χ3v) is 10.9. The molecular formula is C48H48B5F4N10O7. The number of nitrogens with two attached hydrogens (primary N) is 1. The van der Waals surface area contributed by atoms with Crippen LogP contribution in [0.5, 0.6) is 11.5 Å². The fraction of sp³-hybridized carbons (Fsp3) is 0.250. The molecule has 74 heavy (non-hydrogen) atoms. The Morgan fingerprint density at radius 2 is 1.11 bits per heavy atom. The van der Waals surface area contributed by atoms with Crippen molar-refractivity contribution < 1.29 is 51.3 Å². The number of nitrogens with zero attached hydrogens (tertiary/aromatic N) is 4. The number of aryl methyl sites for hydroxylation is 2. The number of piperidine rings is 2. The van der Waals surface area contributed by atoms with E-state index in [1.807, 2.05) is 44.2 Å². The molecule has 3 amide bonds. The highest BCUT2D eigenvalue weighted by Crippen LogP contribution is 2.27. The fourth-order valence-electron chi connectivity index (χ4n) is 6.69. The van der Waals surface area contributed by atoms with E-state index in [0.29, 0.717) is 66.8 Å². The van der Waals surface area contributed by atoms with Crippen molar-refractivity contribution in [3.8, 4) is 33.8 Å². The quantitative estimate of drug-likeness (QED) is 0.0358. The number of ether oxygens (including phenoxy) is 2. The van der Waals surface area contributed by atoms with Gasteiger partial charge >= 0.3 is 19.2 Å². The number of rotatable bonds is 14. The minimum absolute atomic E-state index is 0.0322. The van der Waals surface area contributed by atoms with Crippen LogP contribution < -0.4 is 41.8 Å². The highest BCUT2D eigenvalue weighted by Gasteiger charge is 2.25. The van der Waals surface area contributed by atoms with Crippen LogP contribution in [0.2, 0.25) is 0 Å². The van der Waals surface area contributed by atoms with Crippen LogP contribution in [0.15, 0.2) is 110 Å². The molecule has 375 valence electrons. The summed E-state index contributed by atoms with van der Waals surface area (Å²) in [5.74, 6) is -0.692. The summed E-state index contributed by atoms with van der Waals surface area (Å²) in [5.41, 5.74) is 13.6. The Balaban J connectivity index is 0.000000220. The summed E-state index contributed by atoms with van der Waals surface area (Å²) >= 11 is 0. The van der Waals surface area contributed by atoms with Crippen LogP contribution in [0.3, 0.4) is 0 Å². The molecule has 8 rings (SSSR count). The van der Waals surface area contributed by atoms with Crippen molar-refractivity contribution in [3.05, 3.63) is 121 Å². The Bertz CT molecular complexity index is 2780. The summed E-state index contributed by atoms with van der Waals surface area (Å²) in [6.45, 7) is -1.26. The number of benzene rings is 4. The van der Waals surface area contributed by atoms with Crippen LogP contribution in [0.25, 0.3) is 22.3 Å². The average Bonchev–Trinajstić information content (AvgIpc) is 3.37. The van der Waals surface area contributed by atoms with Crippen LogP contribution in [0.4, 0.5) is 52.2 Å². The number of amides is 3. The van der Waals surface area contributed by atoms with Gasteiger partial charge in [0.1, 0.15) is 11.5 Å². The fourth-order valence-corrected chi connectivity index (χ4v) is 6.69. The van der Waals surface area contributed by atoms with Gasteiger partial charge in [0.05, 0.1) is 11.8 Å². The molecule has 0 saturated carbocycles. The van der Waals surface area contributed by atoms with Crippen LogP contribution in [-0.4, -0.2) is 112 Å². The predicted molar refractivity (Wildman–Crippen MR) is 278 cm³/mol. The third kappa shape index (κ3) is 18.9. The number of carboxylic acid groups (broad SMARTS) is 1. The van der Waals surface area contributed by atoms with Crippen molar-refractivity contribution in [2.75, 3.05) is 34.8 Å². The molecule has 0 bridgehead atoms. The van der Waals surface area contributed by atoms with Gasteiger partial charge in [-0.3, -0.25) is 19.2 Å². The number of aliphatic carboxylic acids is 1. The number of carbonyl (C=O) groups is 4. The summed E-state index contributed by atoms with van der Waals surface area (Å²) in [6.07, 6.45) is 7.76. The number of nitrogen functional groups attached to an aromatic ring is 1. The molecule has 17 nitrogen and oxygen atoms in total. The Labute approximate surface area is 429 Å². The first kappa shape index (κ1) is 56.9. The third-order valence-electron chi connectivity index (χ3n) is 10.9. The molecule has 0 aliphatic carbocycles. The number of aromatic nitrogens is 4. The first-order chi connectivity index (χ1) is 35.3. The van der Waals surface area contributed by atoms with Gasteiger partial charge in [-0.1, -0.05) is 36.4 Å². The highest BCUT2D eigenvalue weighted by molar-refractivity contribution is 7.60. The van der Waals surface area contributed by atoms with Gasteiger partial charge in [0.2, 0.25) is 29.6 Å². The van der Waals surface area contributed by atoms with Crippen molar-refractivity contribution >= 4 is 95.0 Å².